The third-order valence-electron chi connectivity index (χ3n) is 7.37. The fourth-order valence-corrected chi connectivity index (χ4v) is 5.27. The summed E-state index contributed by atoms with van der Waals surface area (Å²) in [6.07, 6.45) is 1.59. The number of piperidine rings is 1. The predicted octanol–water partition coefficient (Wildman–Crippen LogP) is 6.31. The zero-order chi connectivity index (χ0) is 28.6. The van der Waals surface area contributed by atoms with E-state index >= 15 is 4.39 Å². The normalized spacial score (nSPS) is 14.6. The number of ether oxygens (including phenoxy) is 2. The van der Waals surface area contributed by atoms with Gasteiger partial charge in [0.25, 0.3) is 0 Å². The lowest BCUT2D eigenvalue weighted by molar-refractivity contribution is 0.0691. The fraction of sp³-hybridized carbons (Fsp3) is 0.310. The van der Waals surface area contributed by atoms with Gasteiger partial charge in [0.2, 0.25) is 0 Å². The topological polar surface area (TPSA) is 76.8 Å². The van der Waals surface area contributed by atoms with Crippen molar-refractivity contribution in [3.63, 3.8) is 0 Å². The number of fused-ring (bicyclic) bond motifs is 1. The molecule has 1 N–H and O–H groups in total. The van der Waals surface area contributed by atoms with Crippen LogP contribution in [0.4, 0.5) is 13.2 Å². The van der Waals surface area contributed by atoms with Gasteiger partial charge in [-0.25, -0.2) is 22.9 Å². The van der Waals surface area contributed by atoms with Gasteiger partial charge in [-0.05, 0) is 61.7 Å². The number of aromatic nitrogens is 2. The summed E-state index contributed by atoms with van der Waals surface area (Å²) in [7, 11) is 3.04. The van der Waals surface area contributed by atoms with Crippen molar-refractivity contribution in [1.82, 2.24) is 14.5 Å². The summed E-state index contributed by atoms with van der Waals surface area (Å²) in [6, 6.07) is 10.2. The number of carbonyl (C=O) groups is 1. The van der Waals surface area contributed by atoms with Crippen molar-refractivity contribution >= 4 is 28.6 Å². The van der Waals surface area contributed by atoms with Crippen LogP contribution in [0.25, 0.3) is 11.0 Å². The van der Waals surface area contributed by atoms with E-state index in [0.29, 0.717) is 12.4 Å². The molecule has 0 amide bonds. The van der Waals surface area contributed by atoms with E-state index in [0.717, 1.165) is 37.6 Å². The molecular formula is C29H27ClF3N3O4. The Kier molecular flexibility index (Phi) is 7.91. The monoisotopic (exact) mass is 573 g/mol. The molecule has 3 aromatic carbocycles. The Labute approximate surface area is 233 Å². The molecule has 0 aliphatic carbocycles. The van der Waals surface area contributed by atoms with E-state index in [-0.39, 0.29) is 45.6 Å². The molecule has 5 rings (SSSR count). The van der Waals surface area contributed by atoms with Gasteiger partial charge in [0.1, 0.15) is 40.6 Å². The lowest BCUT2D eigenvalue weighted by Gasteiger charge is -2.32. The van der Waals surface area contributed by atoms with E-state index in [9.17, 15) is 18.7 Å². The minimum Gasteiger partial charge on any atom is -0.494 e. The first-order chi connectivity index (χ1) is 19.2. The van der Waals surface area contributed by atoms with E-state index in [2.05, 4.69) is 9.88 Å². The van der Waals surface area contributed by atoms with Crippen molar-refractivity contribution in [3.8, 4) is 11.5 Å². The van der Waals surface area contributed by atoms with Crippen molar-refractivity contribution in [1.29, 1.82) is 0 Å². The van der Waals surface area contributed by atoms with Gasteiger partial charge in [-0.1, -0.05) is 23.7 Å². The van der Waals surface area contributed by atoms with E-state index < -0.39 is 29.0 Å². The molecule has 0 spiro atoms. The predicted molar refractivity (Wildman–Crippen MR) is 144 cm³/mol. The molecule has 210 valence electrons. The Morgan fingerprint density at radius 2 is 1.82 bits per heavy atom. The Balaban J connectivity index is 1.26. The van der Waals surface area contributed by atoms with Gasteiger partial charge in [0, 0.05) is 23.7 Å². The highest BCUT2D eigenvalue weighted by molar-refractivity contribution is 6.30. The molecular weight excluding hydrogens is 547 g/mol. The number of halogens is 4. The number of rotatable bonds is 8. The lowest BCUT2D eigenvalue weighted by atomic mass is 9.89. The second-order valence-corrected chi connectivity index (χ2v) is 10.2. The maximum Gasteiger partial charge on any atom is 0.338 e. The van der Waals surface area contributed by atoms with Crippen molar-refractivity contribution in [2.45, 2.75) is 31.9 Å². The van der Waals surface area contributed by atoms with Gasteiger partial charge < -0.3 is 19.1 Å². The van der Waals surface area contributed by atoms with Crippen molar-refractivity contribution in [2.75, 3.05) is 20.2 Å². The van der Waals surface area contributed by atoms with Crippen LogP contribution in [-0.2, 0) is 20.2 Å². The number of aromatic carboxylic acids is 1. The Morgan fingerprint density at radius 1 is 1.07 bits per heavy atom. The molecule has 1 aliphatic heterocycles. The number of benzene rings is 3. The van der Waals surface area contributed by atoms with Gasteiger partial charge >= 0.3 is 5.97 Å². The second kappa shape index (κ2) is 11.4. The van der Waals surface area contributed by atoms with Crippen LogP contribution < -0.4 is 9.47 Å². The van der Waals surface area contributed by atoms with Crippen molar-refractivity contribution < 1.29 is 32.5 Å². The molecule has 1 aromatic heterocycles. The molecule has 0 unspecified atom stereocenters. The molecule has 1 aliphatic rings. The number of hydrogen-bond acceptors (Lipinski definition) is 5. The minimum atomic E-state index is -1.38. The lowest BCUT2D eigenvalue weighted by Crippen LogP contribution is -2.33. The molecule has 11 heteroatoms. The van der Waals surface area contributed by atoms with Crippen LogP contribution in [0.5, 0.6) is 11.5 Å². The van der Waals surface area contributed by atoms with Crippen LogP contribution in [0.1, 0.15) is 46.1 Å². The molecule has 1 saturated heterocycles. The maximum absolute atomic E-state index is 15.0. The van der Waals surface area contributed by atoms with E-state index in [1.54, 1.807) is 29.8 Å². The number of imidazole rings is 1. The average Bonchev–Trinajstić information content (AvgIpc) is 3.25. The number of likely N-dealkylation sites (tertiary alicyclic amines) is 1. The Bertz CT molecular complexity index is 1590. The summed E-state index contributed by atoms with van der Waals surface area (Å²) in [6.45, 7) is 1.75. The highest BCUT2D eigenvalue weighted by Gasteiger charge is 2.26. The summed E-state index contributed by atoms with van der Waals surface area (Å²) in [5.41, 5.74) is 1.10. The van der Waals surface area contributed by atoms with Gasteiger partial charge in [-0.3, -0.25) is 4.90 Å². The molecule has 40 heavy (non-hydrogen) atoms. The summed E-state index contributed by atoms with van der Waals surface area (Å²) < 4.78 is 56.0. The van der Waals surface area contributed by atoms with Gasteiger partial charge in [0.15, 0.2) is 17.4 Å². The largest absolute Gasteiger partial charge is 0.494 e. The highest BCUT2D eigenvalue weighted by Crippen LogP contribution is 2.34. The summed E-state index contributed by atoms with van der Waals surface area (Å²) in [5.74, 6) is -2.26. The number of carboxylic acids is 1. The minimum absolute atomic E-state index is 0.0608. The smallest absolute Gasteiger partial charge is 0.338 e. The quantitative estimate of drug-likeness (QED) is 0.266. The van der Waals surface area contributed by atoms with E-state index in [1.165, 1.54) is 25.3 Å². The Morgan fingerprint density at radius 3 is 2.50 bits per heavy atom. The molecule has 2 heterocycles. The molecule has 0 radical (unpaired) electrons. The summed E-state index contributed by atoms with van der Waals surface area (Å²) >= 11 is 5.79. The van der Waals surface area contributed by atoms with Gasteiger partial charge in [-0.15, -0.1) is 0 Å². The van der Waals surface area contributed by atoms with Gasteiger partial charge in [-0.2, -0.15) is 0 Å². The summed E-state index contributed by atoms with van der Waals surface area (Å²) in [5, 5.41) is 9.65. The van der Waals surface area contributed by atoms with Crippen LogP contribution in [0.15, 0.2) is 42.5 Å². The van der Waals surface area contributed by atoms with Crippen LogP contribution in [0.3, 0.4) is 0 Å². The molecule has 0 atom stereocenters. The molecule has 0 saturated carbocycles. The average molecular weight is 574 g/mol. The fourth-order valence-electron chi connectivity index (χ4n) is 5.11. The number of aryl methyl sites for hydroxylation is 1. The maximum atomic E-state index is 15.0. The number of nitrogens with zero attached hydrogens (tertiary/aromatic N) is 3. The second-order valence-electron chi connectivity index (χ2n) is 9.79. The number of methoxy groups -OCH3 is 1. The standard InChI is InChI=1S/C29H27ClF3N3O4/c1-35-25(34-27-24(39-2)13-20(29(37)38)26(33)28(27)35)14-36-9-7-16(8-10-36)17-4-6-21(31)23(11-17)40-15-18-3-5-19(30)12-22(18)32/h3-6,11-13,16H,7-10,14-15H2,1-2H3,(H,37,38). The SMILES string of the molecule is COc1cc(C(=O)O)c(F)c2c1nc(CN1CCC(c3ccc(F)c(OCc4ccc(Cl)cc4F)c3)CC1)n2C. The number of carboxylic acid groups (broad SMARTS) is 1. The molecule has 4 aromatic rings. The zero-order valence-electron chi connectivity index (χ0n) is 21.9. The first-order valence-corrected chi connectivity index (χ1v) is 13.1. The van der Waals surface area contributed by atoms with Crippen LogP contribution >= 0.6 is 11.6 Å². The van der Waals surface area contributed by atoms with E-state index in [1.807, 2.05) is 0 Å². The molecule has 1 fully saturated rings. The van der Waals surface area contributed by atoms with Gasteiger partial charge in [0.05, 0.1) is 13.7 Å². The number of hydrogen-bond donors (Lipinski definition) is 1. The first-order valence-electron chi connectivity index (χ1n) is 12.7. The van der Waals surface area contributed by atoms with Crippen LogP contribution in [0.2, 0.25) is 5.02 Å². The third-order valence-corrected chi connectivity index (χ3v) is 7.60. The van der Waals surface area contributed by atoms with Crippen molar-refractivity contribution in [3.05, 3.63) is 87.5 Å². The van der Waals surface area contributed by atoms with Crippen LogP contribution in [0, 0.1) is 17.5 Å². The summed E-state index contributed by atoms with van der Waals surface area (Å²) in [4.78, 5) is 18.2. The highest BCUT2D eigenvalue weighted by atomic mass is 35.5. The third kappa shape index (κ3) is 5.46. The Hall–Kier alpha value is -3.76. The van der Waals surface area contributed by atoms with E-state index in [4.69, 9.17) is 21.1 Å². The molecule has 7 nitrogen and oxygen atoms in total. The van der Waals surface area contributed by atoms with Crippen molar-refractivity contribution in [2.24, 2.45) is 7.05 Å². The first kappa shape index (κ1) is 27.8. The molecule has 0 bridgehead atoms. The van der Waals surface area contributed by atoms with Crippen LogP contribution in [-0.4, -0.2) is 45.7 Å². The zero-order valence-corrected chi connectivity index (χ0v) is 22.6.